The molecule has 4 aromatic rings. The van der Waals surface area contributed by atoms with Gasteiger partial charge in [-0.05, 0) is 41.3 Å². The Bertz CT molecular complexity index is 1340. The van der Waals surface area contributed by atoms with E-state index < -0.39 is 46.5 Å². The maximum Gasteiger partial charge on any atom is 0.432 e. The number of aromatic nitrogens is 1. The Balaban J connectivity index is 1.59. The van der Waals surface area contributed by atoms with Crippen molar-refractivity contribution < 1.29 is 35.5 Å². The lowest BCUT2D eigenvalue weighted by Crippen LogP contribution is -2.25. The van der Waals surface area contributed by atoms with Gasteiger partial charge in [0.05, 0.1) is 5.69 Å². The number of nitrogens with zero attached hydrogens (tertiary/aromatic N) is 1. The molecule has 2 nitrogen and oxygen atoms in total. The summed E-state index contributed by atoms with van der Waals surface area (Å²) < 4.78 is 102. The number of halogens is 7. The molecule has 186 valence electrons. The van der Waals surface area contributed by atoms with Crippen LogP contribution in [-0.4, -0.2) is 4.98 Å². The smallest absolute Gasteiger partial charge is 0.429 e. The number of pyridine rings is 1. The summed E-state index contributed by atoms with van der Waals surface area (Å²) in [6.07, 6.45) is -0.986. The summed E-state index contributed by atoms with van der Waals surface area (Å²) in [5.41, 5.74) is 1.10. The molecule has 0 amide bonds. The van der Waals surface area contributed by atoms with Crippen LogP contribution in [0.1, 0.15) is 24.5 Å². The van der Waals surface area contributed by atoms with Gasteiger partial charge in [-0.3, -0.25) is 4.98 Å². The molecule has 0 N–H and O–H groups in total. The number of alkyl halides is 2. The van der Waals surface area contributed by atoms with Crippen LogP contribution in [0.15, 0.2) is 66.9 Å². The number of aryl methyl sites for hydroxylation is 1. The monoisotopic (exact) mass is 505 g/mol. The van der Waals surface area contributed by atoms with E-state index in [9.17, 15) is 30.7 Å². The quantitative estimate of drug-likeness (QED) is 0.187. The highest BCUT2D eigenvalue weighted by Crippen LogP contribution is 2.37. The van der Waals surface area contributed by atoms with Crippen molar-refractivity contribution in [3.63, 3.8) is 0 Å². The van der Waals surface area contributed by atoms with Gasteiger partial charge in [-0.1, -0.05) is 43.7 Å². The predicted molar refractivity (Wildman–Crippen MR) is 120 cm³/mol. The highest BCUT2D eigenvalue weighted by molar-refractivity contribution is 5.69. The van der Waals surface area contributed by atoms with Crippen molar-refractivity contribution in [1.29, 1.82) is 0 Å². The molecule has 1 aromatic heterocycles. The Morgan fingerprint density at radius 1 is 0.722 bits per heavy atom. The Hall–Kier alpha value is -3.88. The minimum absolute atomic E-state index is 0.0266. The molecule has 3 aromatic carbocycles. The SMILES string of the molecule is CCCc1ccc(-c2ccc(-c3cc(F)c(C(F)(F)Oc4cc(F)c(F)c(F)c4)c(F)c3)cc2)nc1. The second-order valence-corrected chi connectivity index (χ2v) is 8.01. The summed E-state index contributed by atoms with van der Waals surface area (Å²) in [6.45, 7) is 2.06. The van der Waals surface area contributed by atoms with Gasteiger partial charge in [0.15, 0.2) is 17.5 Å². The molecule has 0 aliphatic heterocycles. The largest absolute Gasteiger partial charge is 0.432 e. The van der Waals surface area contributed by atoms with Crippen LogP contribution in [0.3, 0.4) is 0 Å². The van der Waals surface area contributed by atoms with Crippen molar-refractivity contribution >= 4 is 0 Å². The van der Waals surface area contributed by atoms with Crippen molar-refractivity contribution in [2.75, 3.05) is 0 Å². The normalized spacial score (nSPS) is 11.6. The van der Waals surface area contributed by atoms with E-state index >= 15 is 0 Å². The maximum absolute atomic E-state index is 14.6. The molecule has 0 bridgehead atoms. The fraction of sp³-hybridized carbons (Fsp3) is 0.148. The third-order valence-electron chi connectivity index (χ3n) is 5.41. The molecule has 0 saturated heterocycles. The average molecular weight is 505 g/mol. The van der Waals surface area contributed by atoms with Crippen molar-refractivity contribution in [3.05, 3.63) is 107 Å². The van der Waals surface area contributed by atoms with Gasteiger partial charge in [0.2, 0.25) is 0 Å². The Kier molecular flexibility index (Phi) is 7.01. The highest BCUT2D eigenvalue weighted by atomic mass is 19.3. The van der Waals surface area contributed by atoms with Crippen molar-refractivity contribution in [3.8, 4) is 28.1 Å². The molecule has 36 heavy (non-hydrogen) atoms. The zero-order valence-electron chi connectivity index (χ0n) is 18.8. The molecule has 9 heteroatoms. The highest BCUT2D eigenvalue weighted by Gasteiger charge is 2.41. The summed E-state index contributed by atoms with van der Waals surface area (Å²) in [7, 11) is 0. The van der Waals surface area contributed by atoms with Crippen LogP contribution in [0.4, 0.5) is 30.7 Å². The zero-order chi connectivity index (χ0) is 26.0. The van der Waals surface area contributed by atoms with Gasteiger partial charge in [0.25, 0.3) is 0 Å². The molecule has 1 heterocycles. The van der Waals surface area contributed by atoms with Crippen molar-refractivity contribution in [1.82, 2.24) is 4.98 Å². The Morgan fingerprint density at radius 3 is 1.83 bits per heavy atom. The number of hydrogen-bond acceptors (Lipinski definition) is 2. The van der Waals surface area contributed by atoms with Gasteiger partial charge in [0, 0.05) is 23.9 Å². The molecule has 0 aliphatic carbocycles. The summed E-state index contributed by atoms with van der Waals surface area (Å²) in [5, 5.41) is 0. The van der Waals surface area contributed by atoms with E-state index in [1.165, 1.54) is 0 Å². The van der Waals surface area contributed by atoms with E-state index in [2.05, 4.69) is 16.6 Å². The minimum Gasteiger partial charge on any atom is -0.429 e. The first kappa shape index (κ1) is 25.2. The minimum atomic E-state index is -4.65. The molecule has 0 saturated carbocycles. The molecule has 4 rings (SSSR count). The summed E-state index contributed by atoms with van der Waals surface area (Å²) >= 11 is 0. The predicted octanol–water partition coefficient (Wildman–Crippen LogP) is 8.19. The van der Waals surface area contributed by atoms with Crippen LogP contribution in [0, 0.1) is 29.1 Å². The molecule has 0 aliphatic rings. The maximum atomic E-state index is 14.6. The van der Waals surface area contributed by atoms with Gasteiger partial charge >= 0.3 is 6.11 Å². The fourth-order valence-electron chi connectivity index (χ4n) is 3.67. The van der Waals surface area contributed by atoms with Crippen LogP contribution in [0.2, 0.25) is 0 Å². The van der Waals surface area contributed by atoms with Crippen LogP contribution < -0.4 is 4.74 Å². The van der Waals surface area contributed by atoms with Crippen LogP contribution in [0.25, 0.3) is 22.4 Å². The first-order valence-electron chi connectivity index (χ1n) is 10.9. The van der Waals surface area contributed by atoms with Gasteiger partial charge in [-0.25, -0.2) is 22.0 Å². The van der Waals surface area contributed by atoms with Gasteiger partial charge in [-0.2, -0.15) is 8.78 Å². The lowest BCUT2D eigenvalue weighted by Gasteiger charge is -2.20. The summed E-state index contributed by atoms with van der Waals surface area (Å²) in [4.78, 5) is 4.40. The lowest BCUT2D eigenvalue weighted by atomic mass is 10.00. The Morgan fingerprint density at radius 2 is 1.31 bits per heavy atom. The fourth-order valence-corrected chi connectivity index (χ4v) is 3.67. The van der Waals surface area contributed by atoms with Gasteiger partial charge in [-0.15, -0.1) is 0 Å². The second-order valence-electron chi connectivity index (χ2n) is 8.01. The molecular formula is C27H18F7NO. The molecule has 0 fully saturated rings. The Labute approximate surface area is 202 Å². The van der Waals surface area contributed by atoms with Crippen molar-refractivity contribution in [2.24, 2.45) is 0 Å². The number of rotatable bonds is 7. The van der Waals surface area contributed by atoms with Crippen molar-refractivity contribution in [2.45, 2.75) is 25.9 Å². The number of benzene rings is 3. The van der Waals surface area contributed by atoms with E-state index in [4.69, 9.17) is 0 Å². The third kappa shape index (κ3) is 5.19. The summed E-state index contributed by atoms with van der Waals surface area (Å²) in [5.74, 6) is -9.93. The standard InChI is InChI=1S/C27H18F7NO/c1-2-3-15-4-9-24(35-14-15)17-7-5-16(6-8-17)18-10-20(28)25(21(29)11-18)27(33,34)36-19-12-22(30)26(32)23(31)13-19/h4-14H,2-3H2,1H3. The van der Waals surface area contributed by atoms with E-state index in [1.807, 2.05) is 12.1 Å². The van der Waals surface area contributed by atoms with E-state index in [0.717, 1.165) is 24.0 Å². The molecule has 0 radical (unpaired) electrons. The van der Waals surface area contributed by atoms with Gasteiger partial charge < -0.3 is 4.74 Å². The number of hydrogen-bond donors (Lipinski definition) is 0. The van der Waals surface area contributed by atoms with Crippen LogP contribution >= 0.6 is 0 Å². The lowest BCUT2D eigenvalue weighted by molar-refractivity contribution is -0.189. The topological polar surface area (TPSA) is 22.1 Å². The van der Waals surface area contributed by atoms with E-state index in [-0.39, 0.29) is 17.7 Å². The first-order chi connectivity index (χ1) is 17.1. The van der Waals surface area contributed by atoms with E-state index in [1.54, 1.807) is 30.5 Å². The van der Waals surface area contributed by atoms with Crippen LogP contribution in [0.5, 0.6) is 5.75 Å². The van der Waals surface area contributed by atoms with E-state index in [0.29, 0.717) is 23.4 Å². The van der Waals surface area contributed by atoms with Gasteiger partial charge in [0.1, 0.15) is 22.9 Å². The average Bonchev–Trinajstić information content (AvgIpc) is 2.82. The number of ether oxygens (including phenoxy) is 1. The second kappa shape index (κ2) is 10.0. The third-order valence-corrected chi connectivity index (χ3v) is 5.41. The zero-order valence-corrected chi connectivity index (χ0v) is 18.8. The summed E-state index contributed by atoms with van der Waals surface area (Å²) in [6, 6.07) is 12.0. The first-order valence-corrected chi connectivity index (χ1v) is 10.9. The van der Waals surface area contributed by atoms with Crippen LogP contribution in [-0.2, 0) is 12.5 Å². The molecular weight excluding hydrogens is 487 g/mol. The molecule has 0 unspecified atom stereocenters. The molecule has 0 spiro atoms. The molecule has 0 atom stereocenters.